The van der Waals surface area contributed by atoms with E-state index < -0.39 is 0 Å². The van der Waals surface area contributed by atoms with Crippen molar-refractivity contribution >= 4 is 11.6 Å². The predicted octanol–water partition coefficient (Wildman–Crippen LogP) is 1.98. The molecule has 0 unspecified atom stereocenters. The van der Waals surface area contributed by atoms with Crippen LogP contribution in [0.5, 0.6) is 0 Å². The van der Waals surface area contributed by atoms with E-state index in [1.54, 1.807) is 6.07 Å². The van der Waals surface area contributed by atoms with Gasteiger partial charge < -0.3 is 4.98 Å². The molecule has 1 heterocycles. The zero-order chi connectivity index (χ0) is 8.27. The minimum absolute atomic E-state index is 0.0304. The van der Waals surface area contributed by atoms with E-state index in [1.165, 1.54) is 6.07 Å². The first-order valence-electron chi connectivity index (χ1n) is 3.61. The smallest absolute Gasteiger partial charge is 0.183 e. The predicted molar refractivity (Wildman–Crippen MR) is 46.1 cm³/mol. The topological polar surface area (TPSA) is 32.9 Å². The highest BCUT2D eigenvalue weighted by Crippen LogP contribution is 2.02. The van der Waals surface area contributed by atoms with Crippen LogP contribution in [0.25, 0.3) is 0 Å². The minimum Gasteiger partial charge on any atom is -0.349 e. The van der Waals surface area contributed by atoms with Crippen LogP contribution >= 0.6 is 11.6 Å². The number of H-pyrrole nitrogens is 1. The largest absolute Gasteiger partial charge is 0.349 e. The Balaban J connectivity index is 2.99. The van der Waals surface area contributed by atoms with Gasteiger partial charge in [-0.1, -0.05) is 24.9 Å². The third kappa shape index (κ3) is 2.39. The molecule has 2 nitrogen and oxygen atoms in total. The maximum atomic E-state index is 10.9. The van der Waals surface area contributed by atoms with Crippen molar-refractivity contribution < 1.29 is 0 Å². The molecule has 1 aromatic rings. The molecule has 0 spiro atoms. The fourth-order valence-corrected chi connectivity index (χ4v) is 1.20. The fourth-order valence-electron chi connectivity index (χ4n) is 0.968. The van der Waals surface area contributed by atoms with Gasteiger partial charge in [-0.2, -0.15) is 0 Å². The average Bonchev–Trinajstić information content (AvgIpc) is 1.85. The monoisotopic (exact) mass is 171 g/mol. The summed E-state index contributed by atoms with van der Waals surface area (Å²) in [6.45, 7) is 2.05. The van der Waals surface area contributed by atoms with Crippen LogP contribution in [-0.4, -0.2) is 4.98 Å². The van der Waals surface area contributed by atoms with Gasteiger partial charge in [0.2, 0.25) is 0 Å². The van der Waals surface area contributed by atoms with Crippen LogP contribution < -0.4 is 5.43 Å². The van der Waals surface area contributed by atoms with Gasteiger partial charge in [-0.05, 0) is 6.42 Å². The van der Waals surface area contributed by atoms with Crippen molar-refractivity contribution in [2.24, 2.45) is 0 Å². The van der Waals surface area contributed by atoms with Gasteiger partial charge in [0.1, 0.15) is 5.15 Å². The molecule has 0 amide bonds. The number of hydrogen-bond acceptors (Lipinski definition) is 1. The number of aromatic amines is 1. The summed E-state index contributed by atoms with van der Waals surface area (Å²) in [5.74, 6) is 0. The molecule has 0 fully saturated rings. The average molecular weight is 172 g/mol. The van der Waals surface area contributed by atoms with E-state index in [0.29, 0.717) is 5.15 Å². The summed E-state index contributed by atoms with van der Waals surface area (Å²) in [6, 6.07) is 2.95. The van der Waals surface area contributed by atoms with E-state index >= 15 is 0 Å². The van der Waals surface area contributed by atoms with Crippen molar-refractivity contribution in [3.05, 3.63) is 33.2 Å². The highest BCUT2D eigenvalue weighted by Gasteiger charge is 1.94. The van der Waals surface area contributed by atoms with Crippen LogP contribution in [0.15, 0.2) is 16.9 Å². The lowest BCUT2D eigenvalue weighted by Crippen LogP contribution is -2.02. The molecule has 11 heavy (non-hydrogen) atoms. The van der Waals surface area contributed by atoms with Crippen LogP contribution in [0.4, 0.5) is 0 Å². The molecular weight excluding hydrogens is 162 g/mol. The molecule has 0 saturated heterocycles. The first-order valence-corrected chi connectivity index (χ1v) is 3.99. The number of hydrogen-bond donors (Lipinski definition) is 1. The Morgan fingerprint density at radius 2 is 2.27 bits per heavy atom. The van der Waals surface area contributed by atoms with Crippen molar-refractivity contribution in [1.82, 2.24) is 4.98 Å². The van der Waals surface area contributed by atoms with Gasteiger partial charge >= 0.3 is 0 Å². The number of nitrogens with one attached hydrogen (secondary N) is 1. The Labute approximate surface area is 70.2 Å². The number of rotatable bonds is 2. The molecule has 0 aliphatic carbocycles. The summed E-state index contributed by atoms with van der Waals surface area (Å²) >= 11 is 5.63. The summed E-state index contributed by atoms with van der Waals surface area (Å²) in [7, 11) is 0. The molecule has 0 atom stereocenters. The third-order valence-electron chi connectivity index (χ3n) is 1.38. The maximum absolute atomic E-state index is 10.9. The molecule has 0 bridgehead atoms. The van der Waals surface area contributed by atoms with E-state index in [0.717, 1.165) is 18.5 Å². The highest BCUT2D eigenvalue weighted by molar-refractivity contribution is 6.29. The van der Waals surface area contributed by atoms with Crippen LogP contribution in [-0.2, 0) is 6.42 Å². The molecule has 0 saturated carbocycles. The molecule has 3 heteroatoms. The zero-order valence-electron chi connectivity index (χ0n) is 6.36. The highest BCUT2D eigenvalue weighted by atomic mass is 35.5. The molecule has 0 aliphatic rings. The van der Waals surface area contributed by atoms with Crippen LogP contribution in [0.3, 0.4) is 0 Å². The first-order chi connectivity index (χ1) is 5.22. The van der Waals surface area contributed by atoms with Crippen LogP contribution in [0.2, 0.25) is 5.15 Å². The standard InChI is InChI=1S/C8H10ClNO/c1-2-3-6-4-7(11)5-8(9)10-6/h4-5H,2-3H2,1H3,(H,10,11). The van der Waals surface area contributed by atoms with Crippen molar-refractivity contribution in [2.75, 3.05) is 0 Å². The van der Waals surface area contributed by atoms with Gasteiger partial charge in [0.25, 0.3) is 0 Å². The van der Waals surface area contributed by atoms with E-state index in [2.05, 4.69) is 11.9 Å². The normalized spacial score (nSPS) is 10.0. The van der Waals surface area contributed by atoms with Crippen molar-refractivity contribution in [2.45, 2.75) is 19.8 Å². The second-order valence-corrected chi connectivity index (χ2v) is 2.85. The van der Waals surface area contributed by atoms with Gasteiger partial charge in [0.15, 0.2) is 5.43 Å². The minimum atomic E-state index is -0.0304. The number of aryl methyl sites for hydroxylation is 1. The lowest BCUT2D eigenvalue weighted by atomic mass is 10.2. The van der Waals surface area contributed by atoms with E-state index in [4.69, 9.17) is 11.6 Å². The SMILES string of the molecule is CCCc1cc(=O)cc(Cl)[nH]1. The Hall–Kier alpha value is -0.760. The molecule has 0 aromatic carbocycles. The fraction of sp³-hybridized carbons (Fsp3) is 0.375. The van der Waals surface area contributed by atoms with Crippen LogP contribution in [0.1, 0.15) is 19.0 Å². The summed E-state index contributed by atoms with van der Waals surface area (Å²) in [5.41, 5.74) is 0.877. The van der Waals surface area contributed by atoms with E-state index in [9.17, 15) is 4.79 Å². The molecular formula is C8H10ClNO. The van der Waals surface area contributed by atoms with Crippen molar-refractivity contribution in [3.63, 3.8) is 0 Å². The van der Waals surface area contributed by atoms with E-state index in [1.807, 2.05) is 0 Å². The summed E-state index contributed by atoms with van der Waals surface area (Å²) < 4.78 is 0. The molecule has 0 radical (unpaired) electrons. The van der Waals surface area contributed by atoms with Crippen molar-refractivity contribution in [1.29, 1.82) is 0 Å². The maximum Gasteiger partial charge on any atom is 0.183 e. The van der Waals surface area contributed by atoms with Gasteiger partial charge in [0, 0.05) is 17.8 Å². The van der Waals surface area contributed by atoms with Gasteiger partial charge in [-0.15, -0.1) is 0 Å². The first kappa shape index (κ1) is 8.34. The molecule has 0 aliphatic heterocycles. The summed E-state index contributed by atoms with van der Waals surface area (Å²) in [6.07, 6.45) is 1.88. The number of halogens is 1. The molecule has 1 rings (SSSR count). The molecule has 1 aromatic heterocycles. The van der Waals surface area contributed by atoms with Crippen LogP contribution in [0, 0.1) is 0 Å². The van der Waals surface area contributed by atoms with Crippen molar-refractivity contribution in [3.8, 4) is 0 Å². The summed E-state index contributed by atoms with van der Waals surface area (Å²) in [4.78, 5) is 13.8. The molecule has 60 valence electrons. The second-order valence-electron chi connectivity index (χ2n) is 2.44. The van der Waals surface area contributed by atoms with E-state index in [-0.39, 0.29) is 5.43 Å². The Kier molecular flexibility index (Phi) is 2.71. The van der Waals surface area contributed by atoms with Gasteiger partial charge in [-0.25, -0.2) is 0 Å². The Morgan fingerprint density at radius 3 is 2.82 bits per heavy atom. The number of pyridine rings is 1. The number of aromatic nitrogens is 1. The lowest BCUT2D eigenvalue weighted by Gasteiger charge is -1.97. The quantitative estimate of drug-likeness (QED) is 0.679. The third-order valence-corrected chi connectivity index (χ3v) is 1.59. The Morgan fingerprint density at radius 1 is 1.55 bits per heavy atom. The molecule has 1 N–H and O–H groups in total. The van der Waals surface area contributed by atoms with Gasteiger partial charge in [0.05, 0.1) is 0 Å². The second kappa shape index (κ2) is 3.58. The van der Waals surface area contributed by atoms with Gasteiger partial charge in [-0.3, -0.25) is 4.79 Å². The Bertz CT molecular complexity index is 292. The lowest BCUT2D eigenvalue weighted by molar-refractivity contribution is 0.880. The summed E-state index contributed by atoms with van der Waals surface area (Å²) in [5, 5.41) is 0.418. The zero-order valence-corrected chi connectivity index (χ0v) is 7.11.